The molecule has 36 heavy (non-hydrogen) atoms. The van der Waals surface area contributed by atoms with Crippen molar-refractivity contribution in [3.05, 3.63) is 45.8 Å². The number of esters is 1. The lowest BCUT2D eigenvalue weighted by molar-refractivity contribution is -0.129. The molecule has 1 fully saturated rings. The molecule has 3 heterocycles. The third-order valence-electron chi connectivity index (χ3n) is 6.71. The number of thiophene rings is 1. The first-order valence-corrected chi connectivity index (χ1v) is 14.2. The van der Waals surface area contributed by atoms with Crippen molar-refractivity contribution in [1.29, 1.82) is 0 Å². The topological polar surface area (TPSA) is 113 Å². The van der Waals surface area contributed by atoms with Crippen LogP contribution in [0.2, 0.25) is 0 Å². The molecule has 2 atom stereocenters. The van der Waals surface area contributed by atoms with Crippen molar-refractivity contribution in [3.63, 3.8) is 0 Å². The molecule has 1 N–H and O–H groups in total. The number of hydrogen-bond donors (Lipinski definition) is 1. The molecule has 0 radical (unpaired) electrons. The van der Waals surface area contributed by atoms with Crippen molar-refractivity contribution < 1.29 is 27.5 Å². The lowest BCUT2D eigenvalue weighted by atomic mass is 9.94. The maximum Gasteiger partial charge on any atom is 0.341 e. The molecule has 2 aliphatic rings. The lowest BCUT2D eigenvalue weighted by Gasteiger charge is -2.34. The fourth-order valence-electron chi connectivity index (χ4n) is 4.98. The molecule has 1 aromatic carbocycles. The van der Waals surface area contributed by atoms with E-state index in [1.165, 1.54) is 53.9 Å². The Hall–Kier alpha value is -2.76. The maximum absolute atomic E-state index is 13.1. The van der Waals surface area contributed by atoms with E-state index >= 15 is 0 Å². The van der Waals surface area contributed by atoms with Gasteiger partial charge in [0.2, 0.25) is 15.9 Å². The van der Waals surface area contributed by atoms with Gasteiger partial charge >= 0.3 is 5.97 Å². The van der Waals surface area contributed by atoms with Gasteiger partial charge in [0.05, 0.1) is 24.1 Å². The Labute approximate surface area is 215 Å². The number of anilines is 1. The summed E-state index contributed by atoms with van der Waals surface area (Å²) < 4.78 is 32.7. The number of amides is 2. The van der Waals surface area contributed by atoms with Gasteiger partial charge in [0.15, 0.2) is 0 Å². The van der Waals surface area contributed by atoms with Crippen LogP contribution in [0.25, 0.3) is 0 Å². The highest BCUT2D eigenvalue weighted by molar-refractivity contribution is 7.89. The van der Waals surface area contributed by atoms with E-state index < -0.39 is 21.9 Å². The molecule has 0 aliphatic carbocycles. The zero-order chi connectivity index (χ0) is 26.2. The molecule has 0 bridgehead atoms. The van der Waals surface area contributed by atoms with E-state index in [1.807, 2.05) is 13.8 Å². The third-order valence-corrected chi connectivity index (χ3v) is 9.69. The van der Waals surface area contributed by atoms with Crippen LogP contribution in [0.1, 0.15) is 58.3 Å². The Morgan fingerprint density at radius 2 is 1.72 bits per heavy atom. The van der Waals surface area contributed by atoms with Crippen molar-refractivity contribution in [2.24, 2.45) is 11.8 Å². The Morgan fingerprint density at radius 1 is 1.08 bits per heavy atom. The minimum absolute atomic E-state index is 0.0530. The summed E-state index contributed by atoms with van der Waals surface area (Å²) in [5, 5.41) is 3.15. The van der Waals surface area contributed by atoms with E-state index in [0.717, 1.165) is 16.9 Å². The van der Waals surface area contributed by atoms with Crippen molar-refractivity contribution in [2.45, 2.75) is 45.1 Å². The summed E-state index contributed by atoms with van der Waals surface area (Å²) in [4.78, 5) is 40.0. The Kier molecular flexibility index (Phi) is 7.53. The number of fused-ring (bicyclic) bond motifs is 1. The number of nitrogens with zero attached hydrogens (tertiary/aromatic N) is 2. The van der Waals surface area contributed by atoms with Gasteiger partial charge in [-0.15, -0.1) is 11.3 Å². The van der Waals surface area contributed by atoms with Crippen LogP contribution in [-0.2, 0) is 32.5 Å². The zero-order valence-corrected chi connectivity index (χ0v) is 22.5. The molecule has 1 saturated heterocycles. The highest BCUT2D eigenvalue weighted by Gasteiger charge is 2.32. The smallest absolute Gasteiger partial charge is 0.341 e. The van der Waals surface area contributed by atoms with E-state index in [4.69, 9.17) is 4.74 Å². The summed E-state index contributed by atoms with van der Waals surface area (Å²) in [6, 6.07) is 5.84. The van der Waals surface area contributed by atoms with Crippen molar-refractivity contribution >= 4 is 44.1 Å². The first kappa shape index (κ1) is 26.3. The van der Waals surface area contributed by atoms with Crippen LogP contribution in [-0.4, -0.2) is 62.2 Å². The maximum atomic E-state index is 13.1. The lowest BCUT2D eigenvalue weighted by Crippen LogP contribution is -2.42. The van der Waals surface area contributed by atoms with E-state index in [0.29, 0.717) is 43.2 Å². The van der Waals surface area contributed by atoms with Gasteiger partial charge in [0.25, 0.3) is 5.91 Å². The van der Waals surface area contributed by atoms with E-state index in [2.05, 4.69) is 5.32 Å². The summed E-state index contributed by atoms with van der Waals surface area (Å²) in [5.74, 6) is -0.493. The number of methoxy groups -OCH3 is 1. The number of piperidine rings is 1. The molecular weight excluding hydrogens is 502 g/mol. The van der Waals surface area contributed by atoms with Crippen molar-refractivity contribution in [3.8, 4) is 0 Å². The van der Waals surface area contributed by atoms with E-state index in [-0.39, 0.29) is 28.2 Å². The minimum atomic E-state index is -3.65. The highest BCUT2D eigenvalue weighted by Crippen LogP contribution is 2.38. The number of hydrogen-bond acceptors (Lipinski definition) is 7. The molecule has 2 aromatic rings. The van der Waals surface area contributed by atoms with Crippen LogP contribution in [0.5, 0.6) is 0 Å². The van der Waals surface area contributed by atoms with Crippen LogP contribution in [0.3, 0.4) is 0 Å². The summed E-state index contributed by atoms with van der Waals surface area (Å²) in [7, 11) is -2.37. The molecule has 0 unspecified atom stereocenters. The van der Waals surface area contributed by atoms with Gasteiger partial charge in [-0.2, -0.15) is 4.31 Å². The number of benzene rings is 1. The molecule has 0 spiro atoms. The highest BCUT2D eigenvalue weighted by atomic mass is 32.2. The molecule has 4 rings (SSSR count). The number of nitrogens with one attached hydrogen (secondary N) is 1. The standard InChI is InChI=1S/C25H31N3O6S2/c1-15-11-16(2)13-28(12-15)36(32,33)19-7-5-18(6-8-19)23(30)26-24-22(25(31)34-4)20-9-10-27(17(3)29)14-21(20)35-24/h5-8,15-16H,9-14H2,1-4H3,(H,26,30)/t15-,16-/m0/s1. The fourth-order valence-corrected chi connectivity index (χ4v) is 7.91. The summed E-state index contributed by atoms with van der Waals surface area (Å²) in [6.07, 6.45) is 1.49. The predicted molar refractivity (Wildman–Crippen MR) is 137 cm³/mol. The molecule has 1 aromatic heterocycles. The SMILES string of the molecule is COC(=O)c1c(NC(=O)c2ccc(S(=O)(=O)N3C[C@@H](C)C[C@H](C)C3)cc2)sc2c1CCN(C(C)=O)C2. The van der Waals surface area contributed by atoms with Crippen LogP contribution in [0.4, 0.5) is 5.00 Å². The second kappa shape index (κ2) is 10.3. The van der Waals surface area contributed by atoms with E-state index in [1.54, 1.807) is 4.90 Å². The summed E-state index contributed by atoms with van der Waals surface area (Å²) in [5.41, 5.74) is 1.36. The van der Waals surface area contributed by atoms with E-state index in [9.17, 15) is 22.8 Å². The van der Waals surface area contributed by atoms with Crippen LogP contribution in [0.15, 0.2) is 29.2 Å². The number of carbonyl (C=O) groups excluding carboxylic acids is 3. The summed E-state index contributed by atoms with van der Waals surface area (Å²) in [6.45, 7) is 7.42. The van der Waals surface area contributed by atoms with Gasteiger partial charge < -0.3 is 15.0 Å². The predicted octanol–water partition coefficient (Wildman–Crippen LogP) is 3.36. The first-order valence-electron chi connectivity index (χ1n) is 11.9. The second-order valence-corrected chi connectivity index (χ2v) is 12.7. The van der Waals surface area contributed by atoms with Crippen LogP contribution in [0, 0.1) is 11.8 Å². The molecule has 2 amide bonds. The average Bonchev–Trinajstić information content (AvgIpc) is 3.19. The van der Waals surface area contributed by atoms with Gasteiger partial charge in [-0.3, -0.25) is 9.59 Å². The number of rotatable bonds is 5. The fraction of sp³-hybridized carbons (Fsp3) is 0.480. The normalized spacial score (nSPS) is 20.5. The Morgan fingerprint density at radius 3 is 2.31 bits per heavy atom. The number of carbonyl (C=O) groups is 3. The largest absolute Gasteiger partial charge is 0.465 e. The Bertz CT molecular complexity index is 1280. The van der Waals surface area contributed by atoms with Crippen LogP contribution < -0.4 is 5.32 Å². The monoisotopic (exact) mass is 533 g/mol. The molecule has 0 saturated carbocycles. The third kappa shape index (κ3) is 5.18. The van der Waals surface area contributed by atoms with Gasteiger partial charge in [0, 0.05) is 37.0 Å². The second-order valence-electron chi connectivity index (χ2n) is 9.64. The quantitative estimate of drug-likeness (QED) is 0.590. The van der Waals surface area contributed by atoms with Crippen molar-refractivity contribution in [2.75, 3.05) is 32.1 Å². The van der Waals surface area contributed by atoms with Gasteiger partial charge in [-0.25, -0.2) is 13.2 Å². The number of sulfonamides is 1. The molecule has 11 heteroatoms. The molecule has 2 aliphatic heterocycles. The first-order chi connectivity index (χ1) is 17.0. The summed E-state index contributed by atoms with van der Waals surface area (Å²) >= 11 is 1.25. The van der Waals surface area contributed by atoms with Gasteiger partial charge in [-0.05, 0) is 54.5 Å². The minimum Gasteiger partial charge on any atom is -0.465 e. The van der Waals surface area contributed by atoms with Crippen LogP contribution >= 0.6 is 11.3 Å². The number of ether oxygens (including phenoxy) is 1. The van der Waals surface area contributed by atoms with Gasteiger partial charge in [0.1, 0.15) is 5.00 Å². The molecule has 9 nitrogen and oxygen atoms in total. The molecular formula is C25H31N3O6S2. The Balaban J connectivity index is 1.55. The molecule has 194 valence electrons. The average molecular weight is 534 g/mol. The van der Waals surface area contributed by atoms with Crippen molar-refractivity contribution in [1.82, 2.24) is 9.21 Å². The van der Waals surface area contributed by atoms with Gasteiger partial charge in [-0.1, -0.05) is 13.8 Å². The zero-order valence-electron chi connectivity index (χ0n) is 20.9.